The SMILES string of the molecule is Cc1nc(C)c2c(C)c(C(=O)N3CC(C)C(N(C)C)C3)sc2n1. The van der Waals surface area contributed by atoms with Crippen molar-refractivity contribution >= 4 is 27.5 Å². The Bertz CT molecular complexity index is 768. The first-order chi connectivity index (χ1) is 10.8. The lowest BCUT2D eigenvalue weighted by molar-refractivity contribution is 0.0785. The summed E-state index contributed by atoms with van der Waals surface area (Å²) in [6.45, 7) is 9.73. The molecule has 1 aliphatic rings. The van der Waals surface area contributed by atoms with Gasteiger partial charge in [0, 0.05) is 30.2 Å². The van der Waals surface area contributed by atoms with Crippen molar-refractivity contribution in [2.24, 2.45) is 5.92 Å². The van der Waals surface area contributed by atoms with Crippen molar-refractivity contribution in [1.82, 2.24) is 19.8 Å². The molecule has 0 aliphatic carbocycles. The summed E-state index contributed by atoms with van der Waals surface area (Å²) in [5.41, 5.74) is 1.98. The van der Waals surface area contributed by atoms with Crippen LogP contribution in [0.5, 0.6) is 0 Å². The van der Waals surface area contributed by atoms with Gasteiger partial charge in [-0.25, -0.2) is 9.97 Å². The highest BCUT2D eigenvalue weighted by atomic mass is 32.1. The number of rotatable bonds is 2. The van der Waals surface area contributed by atoms with E-state index in [1.165, 1.54) is 11.3 Å². The summed E-state index contributed by atoms with van der Waals surface area (Å²) in [6.07, 6.45) is 0. The summed E-state index contributed by atoms with van der Waals surface area (Å²) >= 11 is 1.50. The minimum Gasteiger partial charge on any atom is -0.336 e. The monoisotopic (exact) mass is 332 g/mol. The number of hydrogen-bond acceptors (Lipinski definition) is 5. The van der Waals surface area contributed by atoms with Crippen molar-refractivity contribution < 1.29 is 4.79 Å². The quantitative estimate of drug-likeness (QED) is 0.848. The molecule has 3 rings (SSSR count). The Labute approximate surface area is 141 Å². The van der Waals surface area contributed by atoms with Gasteiger partial charge < -0.3 is 9.80 Å². The standard InChI is InChI=1S/C17H24N4OS/c1-9-7-21(8-13(9)20(5)6)17(22)15-10(2)14-11(3)18-12(4)19-16(14)23-15/h9,13H,7-8H2,1-6H3. The molecule has 0 aromatic carbocycles. The van der Waals surface area contributed by atoms with Crippen molar-refractivity contribution in [1.29, 1.82) is 0 Å². The molecule has 1 aliphatic heterocycles. The highest BCUT2D eigenvalue weighted by molar-refractivity contribution is 7.20. The maximum Gasteiger partial charge on any atom is 0.264 e. The predicted molar refractivity (Wildman–Crippen MR) is 94.2 cm³/mol. The Kier molecular flexibility index (Phi) is 4.14. The second-order valence-corrected chi connectivity index (χ2v) is 7.81. The zero-order valence-corrected chi connectivity index (χ0v) is 15.5. The second-order valence-electron chi connectivity index (χ2n) is 6.81. The van der Waals surface area contributed by atoms with Gasteiger partial charge in [0.15, 0.2) is 0 Å². The molecular weight excluding hydrogens is 308 g/mol. The number of amides is 1. The summed E-state index contributed by atoms with van der Waals surface area (Å²) in [7, 11) is 4.17. The summed E-state index contributed by atoms with van der Waals surface area (Å²) < 4.78 is 0. The van der Waals surface area contributed by atoms with Crippen LogP contribution in [-0.4, -0.2) is 58.9 Å². The number of likely N-dealkylation sites (N-methyl/N-ethyl adjacent to an activating group) is 1. The molecule has 1 saturated heterocycles. The molecule has 2 aromatic heterocycles. The van der Waals surface area contributed by atoms with Crippen LogP contribution in [0.3, 0.4) is 0 Å². The van der Waals surface area contributed by atoms with Gasteiger partial charge in [0.1, 0.15) is 10.7 Å². The fraction of sp³-hybridized carbons (Fsp3) is 0.588. The number of hydrogen-bond donors (Lipinski definition) is 0. The van der Waals surface area contributed by atoms with Gasteiger partial charge in [-0.05, 0) is 46.3 Å². The fourth-order valence-electron chi connectivity index (χ4n) is 3.61. The molecule has 5 nitrogen and oxygen atoms in total. The van der Waals surface area contributed by atoms with Crippen LogP contribution >= 0.6 is 11.3 Å². The van der Waals surface area contributed by atoms with Gasteiger partial charge >= 0.3 is 0 Å². The first-order valence-corrected chi connectivity index (χ1v) is 8.81. The number of fused-ring (bicyclic) bond motifs is 1. The third kappa shape index (κ3) is 2.74. The van der Waals surface area contributed by atoms with Crippen LogP contribution in [0.15, 0.2) is 0 Å². The Morgan fingerprint density at radius 2 is 1.91 bits per heavy atom. The summed E-state index contributed by atoms with van der Waals surface area (Å²) in [6, 6.07) is 0.428. The van der Waals surface area contributed by atoms with Crippen LogP contribution < -0.4 is 0 Å². The van der Waals surface area contributed by atoms with E-state index >= 15 is 0 Å². The van der Waals surface area contributed by atoms with Crippen molar-refractivity contribution in [3.05, 3.63) is 22.0 Å². The maximum absolute atomic E-state index is 13.0. The fourth-order valence-corrected chi connectivity index (χ4v) is 4.85. The van der Waals surface area contributed by atoms with E-state index in [2.05, 4.69) is 35.9 Å². The van der Waals surface area contributed by atoms with Crippen LogP contribution in [0.2, 0.25) is 0 Å². The molecule has 1 fully saturated rings. The Morgan fingerprint density at radius 1 is 1.22 bits per heavy atom. The van der Waals surface area contributed by atoms with Crippen molar-refractivity contribution in [2.45, 2.75) is 33.7 Å². The number of nitrogens with zero attached hydrogens (tertiary/aromatic N) is 4. The minimum atomic E-state index is 0.138. The Morgan fingerprint density at radius 3 is 2.52 bits per heavy atom. The predicted octanol–water partition coefficient (Wildman–Crippen LogP) is 2.64. The molecule has 0 spiro atoms. The Hall–Kier alpha value is -1.53. The number of aryl methyl sites for hydroxylation is 3. The van der Waals surface area contributed by atoms with Crippen molar-refractivity contribution in [2.75, 3.05) is 27.2 Å². The van der Waals surface area contributed by atoms with Gasteiger partial charge in [0.05, 0.1) is 4.88 Å². The lowest BCUT2D eigenvalue weighted by Crippen LogP contribution is -2.35. The average molecular weight is 332 g/mol. The molecule has 0 radical (unpaired) electrons. The largest absolute Gasteiger partial charge is 0.336 e. The van der Waals surface area contributed by atoms with Gasteiger partial charge in [0.25, 0.3) is 5.91 Å². The molecule has 2 unspecified atom stereocenters. The van der Waals surface area contributed by atoms with Gasteiger partial charge in [-0.15, -0.1) is 11.3 Å². The topological polar surface area (TPSA) is 49.3 Å². The van der Waals surface area contributed by atoms with Crippen LogP contribution in [-0.2, 0) is 0 Å². The van der Waals surface area contributed by atoms with Crippen molar-refractivity contribution in [3.8, 4) is 0 Å². The normalized spacial score (nSPS) is 21.6. The molecule has 2 atom stereocenters. The van der Waals surface area contributed by atoms with Crippen LogP contribution in [0.4, 0.5) is 0 Å². The molecular formula is C17H24N4OS. The van der Waals surface area contributed by atoms with E-state index in [-0.39, 0.29) is 5.91 Å². The van der Waals surface area contributed by atoms with E-state index in [9.17, 15) is 4.79 Å². The van der Waals surface area contributed by atoms with E-state index in [4.69, 9.17) is 0 Å². The van der Waals surface area contributed by atoms with E-state index in [1.54, 1.807) is 0 Å². The van der Waals surface area contributed by atoms with E-state index in [0.717, 1.165) is 45.3 Å². The third-order valence-electron chi connectivity index (χ3n) is 4.80. The molecule has 6 heteroatoms. The van der Waals surface area contributed by atoms with Gasteiger partial charge in [-0.3, -0.25) is 4.79 Å². The third-order valence-corrected chi connectivity index (χ3v) is 5.97. The maximum atomic E-state index is 13.0. The molecule has 0 bridgehead atoms. The van der Waals surface area contributed by atoms with Gasteiger partial charge in [-0.1, -0.05) is 6.92 Å². The molecule has 3 heterocycles. The molecule has 23 heavy (non-hydrogen) atoms. The van der Waals surface area contributed by atoms with Crippen LogP contribution in [0.1, 0.15) is 33.7 Å². The van der Waals surface area contributed by atoms with E-state index in [1.807, 2.05) is 25.7 Å². The Balaban J connectivity index is 1.96. The number of aromatic nitrogens is 2. The summed E-state index contributed by atoms with van der Waals surface area (Å²) in [4.78, 5) is 27.9. The molecule has 0 N–H and O–H groups in total. The van der Waals surface area contributed by atoms with E-state index < -0.39 is 0 Å². The smallest absolute Gasteiger partial charge is 0.264 e. The average Bonchev–Trinajstić information content (AvgIpc) is 2.99. The zero-order valence-electron chi connectivity index (χ0n) is 14.7. The molecule has 1 amide bonds. The lowest BCUT2D eigenvalue weighted by Gasteiger charge is -2.22. The zero-order chi connectivity index (χ0) is 16.9. The number of carbonyl (C=O) groups excluding carboxylic acids is 1. The van der Waals surface area contributed by atoms with Gasteiger partial charge in [0.2, 0.25) is 0 Å². The molecule has 124 valence electrons. The minimum absolute atomic E-state index is 0.138. The summed E-state index contributed by atoms with van der Waals surface area (Å²) in [5.74, 6) is 1.39. The highest BCUT2D eigenvalue weighted by Crippen LogP contribution is 2.33. The lowest BCUT2D eigenvalue weighted by atomic mass is 10.1. The molecule has 2 aromatic rings. The number of thiophene rings is 1. The first kappa shape index (κ1) is 16.3. The first-order valence-electron chi connectivity index (χ1n) is 7.99. The van der Waals surface area contributed by atoms with Crippen LogP contribution in [0, 0.1) is 26.7 Å². The number of likely N-dealkylation sites (tertiary alicyclic amines) is 1. The van der Waals surface area contributed by atoms with E-state index in [0.29, 0.717) is 12.0 Å². The molecule has 0 saturated carbocycles. The summed E-state index contributed by atoms with van der Waals surface area (Å²) in [5, 5.41) is 1.04. The van der Waals surface area contributed by atoms with Crippen molar-refractivity contribution in [3.63, 3.8) is 0 Å². The second kappa shape index (κ2) is 5.83. The van der Waals surface area contributed by atoms with Crippen LogP contribution in [0.25, 0.3) is 10.2 Å². The number of carbonyl (C=O) groups is 1. The van der Waals surface area contributed by atoms with Gasteiger partial charge in [-0.2, -0.15) is 0 Å². The highest BCUT2D eigenvalue weighted by Gasteiger charge is 2.35.